The molecule has 0 aliphatic rings. The van der Waals surface area contributed by atoms with Gasteiger partial charge in [-0.1, -0.05) is 56.8 Å². The molecule has 0 aliphatic carbocycles. The molecule has 0 amide bonds. The summed E-state index contributed by atoms with van der Waals surface area (Å²) in [6.45, 7) is 11.9. The summed E-state index contributed by atoms with van der Waals surface area (Å²) in [5.41, 5.74) is 3.88. The summed E-state index contributed by atoms with van der Waals surface area (Å²) in [6, 6.07) is 8.36. The van der Waals surface area contributed by atoms with Crippen molar-refractivity contribution in [3.63, 3.8) is 0 Å². The van der Waals surface area contributed by atoms with Crippen molar-refractivity contribution in [2.24, 2.45) is 0 Å². The van der Waals surface area contributed by atoms with Crippen LogP contribution in [-0.2, 0) is 0 Å². The van der Waals surface area contributed by atoms with Gasteiger partial charge in [-0.25, -0.2) is 0 Å². The summed E-state index contributed by atoms with van der Waals surface area (Å²) in [6.07, 6.45) is 3.85. The van der Waals surface area contributed by atoms with E-state index in [1.807, 2.05) is 26.0 Å². The Labute approximate surface area is 88.0 Å². The number of hydrogen-bond donors (Lipinski definition) is 0. The van der Waals surface area contributed by atoms with Crippen LogP contribution in [0.15, 0.2) is 43.0 Å². The number of allylic oxidation sites excluding steroid dienone is 3. The molecule has 0 saturated carbocycles. The Morgan fingerprint density at radius 2 is 1.79 bits per heavy atom. The van der Waals surface area contributed by atoms with Crippen LogP contribution in [0.1, 0.15) is 31.9 Å². The molecule has 0 spiro atoms. The summed E-state index contributed by atoms with van der Waals surface area (Å²) in [5, 5.41) is 0. The van der Waals surface area contributed by atoms with Gasteiger partial charge in [-0.05, 0) is 30.5 Å². The molecular weight excluding hydrogens is 168 g/mol. The summed E-state index contributed by atoms with van der Waals surface area (Å²) in [7, 11) is 0. The molecule has 0 unspecified atom stereocenters. The molecule has 0 nitrogen and oxygen atoms in total. The van der Waals surface area contributed by atoms with Crippen molar-refractivity contribution in [3.05, 3.63) is 54.1 Å². The molecule has 0 saturated heterocycles. The first-order valence-electron chi connectivity index (χ1n) is 5.11. The lowest BCUT2D eigenvalue weighted by atomic mass is 10.0. The fraction of sp³-hybridized carbons (Fsp3) is 0.286. The predicted octanol–water partition coefficient (Wildman–Crippen LogP) is 4.61. The molecule has 0 aromatic heterocycles. The largest absolute Gasteiger partial charge is 0.0991 e. The minimum atomic E-state index is 1.27. The molecule has 76 valence electrons. The quantitative estimate of drug-likeness (QED) is 0.594. The summed E-state index contributed by atoms with van der Waals surface area (Å²) in [4.78, 5) is 0. The van der Waals surface area contributed by atoms with Crippen molar-refractivity contribution in [1.82, 2.24) is 0 Å². The van der Waals surface area contributed by atoms with Crippen molar-refractivity contribution in [3.8, 4) is 0 Å². The molecule has 0 radical (unpaired) electrons. The zero-order chi connectivity index (χ0) is 11.0. The molecule has 0 fully saturated rings. The molecule has 1 rings (SSSR count). The maximum absolute atomic E-state index is 3.68. The number of benzene rings is 1. The van der Waals surface area contributed by atoms with E-state index in [0.29, 0.717) is 0 Å². The summed E-state index contributed by atoms with van der Waals surface area (Å²) >= 11 is 0. The lowest BCUT2D eigenvalue weighted by molar-refractivity contribution is 1.41. The SMILES string of the molecule is C=C/C=C(/C)c1ccccc1C.CC. The number of hydrogen-bond acceptors (Lipinski definition) is 0. The van der Waals surface area contributed by atoms with Crippen LogP contribution in [0.3, 0.4) is 0 Å². The third-order valence-electron chi connectivity index (χ3n) is 1.94. The van der Waals surface area contributed by atoms with Gasteiger partial charge >= 0.3 is 0 Å². The van der Waals surface area contributed by atoms with Crippen LogP contribution in [0.2, 0.25) is 0 Å². The fourth-order valence-corrected chi connectivity index (χ4v) is 1.28. The van der Waals surface area contributed by atoms with E-state index in [0.717, 1.165) is 0 Å². The van der Waals surface area contributed by atoms with Crippen molar-refractivity contribution < 1.29 is 0 Å². The Hall–Kier alpha value is -1.30. The number of rotatable bonds is 2. The molecule has 0 heteroatoms. The highest BCUT2D eigenvalue weighted by atomic mass is 14.0. The van der Waals surface area contributed by atoms with Gasteiger partial charge in [0.2, 0.25) is 0 Å². The van der Waals surface area contributed by atoms with Crippen molar-refractivity contribution in [1.29, 1.82) is 0 Å². The standard InChI is InChI=1S/C12H14.C2H6/c1-4-7-10(2)12-9-6-5-8-11(12)3;1-2/h4-9H,1H2,2-3H3;1-2H3/b10-7-;. The van der Waals surface area contributed by atoms with Crippen LogP contribution in [-0.4, -0.2) is 0 Å². The van der Waals surface area contributed by atoms with Gasteiger partial charge in [0, 0.05) is 0 Å². The second-order valence-electron chi connectivity index (χ2n) is 2.90. The van der Waals surface area contributed by atoms with E-state index in [4.69, 9.17) is 0 Å². The molecule has 0 aliphatic heterocycles. The highest BCUT2D eigenvalue weighted by Crippen LogP contribution is 2.17. The maximum atomic E-state index is 3.68. The molecule has 14 heavy (non-hydrogen) atoms. The van der Waals surface area contributed by atoms with Gasteiger partial charge in [-0.3, -0.25) is 0 Å². The van der Waals surface area contributed by atoms with Gasteiger partial charge in [-0.2, -0.15) is 0 Å². The van der Waals surface area contributed by atoms with Crippen LogP contribution < -0.4 is 0 Å². The first-order valence-corrected chi connectivity index (χ1v) is 5.11. The average molecular weight is 188 g/mol. The molecule has 0 bridgehead atoms. The summed E-state index contributed by atoms with van der Waals surface area (Å²) in [5.74, 6) is 0. The zero-order valence-corrected chi connectivity index (χ0v) is 9.67. The summed E-state index contributed by atoms with van der Waals surface area (Å²) < 4.78 is 0. The molecule has 1 aromatic rings. The Morgan fingerprint density at radius 1 is 1.21 bits per heavy atom. The smallest absolute Gasteiger partial charge is 0.0198 e. The van der Waals surface area contributed by atoms with Crippen LogP contribution >= 0.6 is 0 Å². The molecule has 0 atom stereocenters. The first kappa shape index (κ1) is 12.7. The Bertz CT molecular complexity index is 306. The van der Waals surface area contributed by atoms with E-state index in [-0.39, 0.29) is 0 Å². The van der Waals surface area contributed by atoms with E-state index >= 15 is 0 Å². The van der Waals surface area contributed by atoms with Crippen LogP contribution in [0.25, 0.3) is 5.57 Å². The highest BCUT2D eigenvalue weighted by Gasteiger charge is 1.96. The molecule has 0 N–H and O–H groups in total. The topological polar surface area (TPSA) is 0 Å². The van der Waals surface area contributed by atoms with E-state index in [1.165, 1.54) is 16.7 Å². The Morgan fingerprint density at radius 3 is 2.29 bits per heavy atom. The van der Waals surface area contributed by atoms with Gasteiger partial charge in [0.1, 0.15) is 0 Å². The normalized spacial score (nSPS) is 10.1. The van der Waals surface area contributed by atoms with Gasteiger partial charge < -0.3 is 0 Å². The lowest BCUT2D eigenvalue weighted by Gasteiger charge is -2.03. The minimum absolute atomic E-state index is 1.27. The van der Waals surface area contributed by atoms with Gasteiger partial charge in [0.15, 0.2) is 0 Å². The van der Waals surface area contributed by atoms with Crippen molar-refractivity contribution >= 4 is 5.57 Å². The van der Waals surface area contributed by atoms with Crippen molar-refractivity contribution in [2.75, 3.05) is 0 Å². The Balaban J connectivity index is 0.000000791. The second-order valence-corrected chi connectivity index (χ2v) is 2.90. The third kappa shape index (κ3) is 3.61. The van der Waals surface area contributed by atoms with E-state index in [9.17, 15) is 0 Å². The first-order chi connectivity index (χ1) is 6.75. The van der Waals surface area contributed by atoms with E-state index < -0.39 is 0 Å². The molecular formula is C14H20. The minimum Gasteiger partial charge on any atom is -0.0991 e. The third-order valence-corrected chi connectivity index (χ3v) is 1.94. The van der Waals surface area contributed by atoms with Crippen molar-refractivity contribution in [2.45, 2.75) is 27.7 Å². The van der Waals surface area contributed by atoms with Crippen LogP contribution in [0, 0.1) is 6.92 Å². The second kappa shape index (κ2) is 7.14. The molecule has 1 aromatic carbocycles. The monoisotopic (exact) mass is 188 g/mol. The van der Waals surface area contributed by atoms with E-state index in [2.05, 4.69) is 44.7 Å². The lowest BCUT2D eigenvalue weighted by Crippen LogP contribution is -1.83. The number of aryl methyl sites for hydroxylation is 1. The molecule has 0 heterocycles. The van der Waals surface area contributed by atoms with Gasteiger partial charge in [0.05, 0.1) is 0 Å². The predicted molar refractivity (Wildman–Crippen MR) is 66.4 cm³/mol. The van der Waals surface area contributed by atoms with Gasteiger partial charge in [-0.15, -0.1) is 0 Å². The Kier molecular flexibility index (Phi) is 6.47. The van der Waals surface area contributed by atoms with Crippen LogP contribution in [0.5, 0.6) is 0 Å². The maximum Gasteiger partial charge on any atom is -0.0198 e. The average Bonchev–Trinajstić information content (AvgIpc) is 2.22. The fourth-order valence-electron chi connectivity index (χ4n) is 1.28. The highest BCUT2D eigenvalue weighted by molar-refractivity contribution is 5.67. The van der Waals surface area contributed by atoms with Gasteiger partial charge in [0.25, 0.3) is 0 Å². The van der Waals surface area contributed by atoms with E-state index in [1.54, 1.807) is 0 Å². The van der Waals surface area contributed by atoms with Crippen LogP contribution in [0.4, 0.5) is 0 Å². The zero-order valence-electron chi connectivity index (χ0n) is 9.67.